The number of benzene rings is 1. The predicted molar refractivity (Wildman–Crippen MR) is 99.8 cm³/mol. The number of carbonyl (C=O) groups is 2. The van der Waals surface area contributed by atoms with Crippen LogP contribution in [0.25, 0.3) is 0 Å². The average Bonchev–Trinajstić information content (AvgIpc) is 2.59. The van der Waals surface area contributed by atoms with Crippen molar-refractivity contribution in [1.82, 2.24) is 9.80 Å². The lowest BCUT2D eigenvalue weighted by Crippen LogP contribution is -2.43. The van der Waals surface area contributed by atoms with Gasteiger partial charge in [0.2, 0.25) is 0 Å². The van der Waals surface area contributed by atoms with Gasteiger partial charge in [0.15, 0.2) is 0 Å². The molecule has 0 aliphatic carbocycles. The third-order valence-electron chi connectivity index (χ3n) is 4.32. The van der Waals surface area contributed by atoms with Gasteiger partial charge in [-0.05, 0) is 45.1 Å². The van der Waals surface area contributed by atoms with E-state index in [1.807, 2.05) is 51.1 Å². The number of hydrogen-bond donors (Lipinski definition) is 0. The van der Waals surface area contributed by atoms with E-state index in [1.54, 1.807) is 16.8 Å². The van der Waals surface area contributed by atoms with Crippen LogP contribution < -0.4 is 0 Å². The van der Waals surface area contributed by atoms with Crippen LogP contribution in [0, 0.1) is 5.92 Å². The Balaban J connectivity index is 1.71. The van der Waals surface area contributed by atoms with Crippen LogP contribution in [-0.2, 0) is 16.1 Å². The van der Waals surface area contributed by atoms with E-state index in [0.29, 0.717) is 32.2 Å². The van der Waals surface area contributed by atoms with Crippen LogP contribution in [0.1, 0.15) is 39.2 Å². The maximum atomic E-state index is 12.2. The molecule has 1 aliphatic rings. The van der Waals surface area contributed by atoms with Crippen LogP contribution >= 0.6 is 0 Å². The quantitative estimate of drug-likeness (QED) is 0.815. The molecule has 1 fully saturated rings. The van der Waals surface area contributed by atoms with Crippen molar-refractivity contribution in [2.45, 2.75) is 45.8 Å². The Morgan fingerprint density at radius 2 is 1.77 bits per heavy atom. The lowest BCUT2D eigenvalue weighted by Gasteiger charge is -2.33. The van der Waals surface area contributed by atoms with E-state index in [2.05, 4.69) is 0 Å². The Labute approximate surface area is 156 Å². The molecule has 6 heteroatoms. The number of ether oxygens (including phenoxy) is 2. The second-order valence-corrected chi connectivity index (χ2v) is 7.83. The molecular weight excluding hydrogens is 332 g/mol. The van der Waals surface area contributed by atoms with E-state index in [1.165, 1.54) is 0 Å². The molecule has 1 aromatic carbocycles. The Morgan fingerprint density at radius 3 is 2.35 bits per heavy atom. The van der Waals surface area contributed by atoms with Gasteiger partial charge in [-0.15, -0.1) is 0 Å². The summed E-state index contributed by atoms with van der Waals surface area (Å²) in [6, 6.07) is 9.66. The molecule has 0 radical (unpaired) electrons. The zero-order valence-corrected chi connectivity index (χ0v) is 16.2. The zero-order chi connectivity index (χ0) is 19.2. The Kier molecular flexibility index (Phi) is 6.89. The van der Waals surface area contributed by atoms with Crippen molar-refractivity contribution < 1.29 is 19.1 Å². The number of nitrogens with zero attached hydrogens (tertiary/aromatic N) is 2. The second kappa shape index (κ2) is 8.92. The second-order valence-electron chi connectivity index (χ2n) is 7.83. The molecule has 0 spiro atoms. The van der Waals surface area contributed by atoms with Gasteiger partial charge < -0.3 is 19.3 Å². The molecular formula is C20H30N2O4. The first kappa shape index (κ1) is 20.1. The maximum Gasteiger partial charge on any atom is 0.410 e. The fourth-order valence-electron chi connectivity index (χ4n) is 2.91. The molecule has 0 atom stereocenters. The smallest absolute Gasteiger partial charge is 0.410 e. The van der Waals surface area contributed by atoms with Crippen molar-refractivity contribution in [2.24, 2.45) is 5.92 Å². The number of hydrogen-bond acceptors (Lipinski definition) is 4. The topological polar surface area (TPSA) is 59.1 Å². The highest BCUT2D eigenvalue weighted by atomic mass is 16.6. The molecule has 2 rings (SSSR count). The van der Waals surface area contributed by atoms with Gasteiger partial charge >= 0.3 is 12.2 Å². The summed E-state index contributed by atoms with van der Waals surface area (Å²) in [6.45, 7) is 7.82. The van der Waals surface area contributed by atoms with Crippen molar-refractivity contribution >= 4 is 12.2 Å². The summed E-state index contributed by atoms with van der Waals surface area (Å²) < 4.78 is 10.8. The fraction of sp³-hybridized carbons (Fsp3) is 0.600. The van der Waals surface area contributed by atoms with Crippen LogP contribution in [-0.4, -0.2) is 54.3 Å². The fourth-order valence-corrected chi connectivity index (χ4v) is 2.91. The van der Waals surface area contributed by atoms with Gasteiger partial charge in [-0.3, -0.25) is 0 Å². The molecule has 6 nitrogen and oxygen atoms in total. The van der Waals surface area contributed by atoms with Gasteiger partial charge in [-0.2, -0.15) is 0 Å². The third kappa shape index (κ3) is 6.58. The molecule has 0 aromatic heterocycles. The number of likely N-dealkylation sites (tertiary alicyclic amines) is 1. The maximum absolute atomic E-state index is 12.2. The molecule has 0 bridgehead atoms. The van der Waals surface area contributed by atoms with Gasteiger partial charge in [-0.1, -0.05) is 30.3 Å². The Hall–Kier alpha value is -2.24. The van der Waals surface area contributed by atoms with Crippen molar-refractivity contribution in [3.63, 3.8) is 0 Å². The first-order valence-electron chi connectivity index (χ1n) is 9.14. The summed E-state index contributed by atoms with van der Waals surface area (Å²) in [5.41, 5.74) is 0.492. The third-order valence-corrected chi connectivity index (χ3v) is 4.32. The summed E-state index contributed by atoms with van der Waals surface area (Å²) in [5, 5.41) is 0. The largest absolute Gasteiger partial charge is 0.445 e. The lowest BCUT2D eigenvalue weighted by molar-refractivity contribution is 0.0243. The summed E-state index contributed by atoms with van der Waals surface area (Å²) in [4.78, 5) is 27.6. The minimum absolute atomic E-state index is 0.271. The normalized spacial score (nSPS) is 15.5. The highest BCUT2D eigenvalue weighted by Gasteiger charge is 2.27. The number of amides is 2. The van der Waals surface area contributed by atoms with Crippen LogP contribution in [0.5, 0.6) is 0 Å². The summed E-state index contributed by atoms with van der Waals surface area (Å²) >= 11 is 0. The van der Waals surface area contributed by atoms with Gasteiger partial charge in [0.05, 0.1) is 0 Å². The van der Waals surface area contributed by atoms with Gasteiger partial charge in [0, 0.05) is 26.7 Å². The van der Waals surface area contributed by atoms with Crippen LogP contribution in [0.15, 0.2) is 30.3 Å². The minimum Gasteiger partial charge on any atom is -0.445 e. The predicted octanol–water partition coefficient (Wildman–Crippen LogP) is 3.90. The number of rotatable bonds is 4. The Morgan fingerprint density at radius 1 is 1.15 bits per heavy atom. The van der Waals surface area contributed by atoms with Crippen molar-refractivity contribution in [1.29, 1.82) is 0 Å². The van der Waals surface area contributed by atoms with Crippen molar-refractivity contribution in [3.05, 3.63) is 35.9 Å². The molecule has 1 saturated heterocycles. The average molecular weight is 362 g/mol. The molecule has 26 heavy (non-hydrogen) atoms. The zero-order valence-electron chi connectivity index (χ0n) is 16.2. The number of carbonyl (C=O) groups excluding carboxylic acids is 2. The minimum atomic E-state index is -0.489. The molecule has 1 heterocycles. The first-order chi connectivity index (χ1) is 12.2. The number of piperidine rings is 1. The van der Waals surface area contributed by atoms with Crippen molar-refractivity contribution in [2.75, 3.05) is 26.7 Å². The monoisotopic (exact) mass is 362 g/mol. The molecule has 0 saturated carbocycles. The summed E-state index contributed by atoms with van der Waals surface area (Å²) in [5.74, 6) is 0.366. The SMILES string of the molecule is CN(CC1CCN(C(=O)OCc2ccccc2)CC1)C(=O)OC(C)(C)C. The highest BCUT2D eigenvalue weighted by Crippen LogP contribution is 2.20. The van der Waals surface area contributed by atoms with E-state index in [9.17, 15) is 9.59 Å². The molecule has 144 valence electrons. The van der Waals surface area contributed by atoms with Gasteiger partial charge in [0.25, 0.3) is 0 Å². The standard InChI is InChI=1S/C20H30N2O4/c1-20(2,3)26-18(23)21(4)14-16-10-12-22(13-11-16)19(24)25-15-17-8-6-5-7-9-17/h5-9,16H,10-15H2,1-4H3. The van der Waals surface area contributed by atoms with Crippen LogP contribution in [0.2, 0.25) is 0 Å². The van der Waals surface area contributed by atoms with E-state index in [-0.39, 0.29) is 12.2 Å². The van der Waals surface area contributed by atoms with E-state index in [4.69, 9.17) is 9.47 Å². The highest BCUT2D eigenvalue weighted by molar-refractivity contribution is 5.68. The van der Waals surface area contributed by atoms with Gasteiger partial charge in [-0.25, -0.2) is 9.59 Å². The molecule has 2 amide bonds. The van der Waals surface area contributed by atoms with Gasteiger partial charge in [0.1, 0.15) is 12.2 Å². The molecule has 1 aliphatic heterocycles. The molecule has 0 unspecified atom stereocenters. The van der Waals surface area contributed by atoms with Crippen LogP contribution in [0.3, 0.4) is 0 Å². The first-order valence-corrected chi connectivity index (χ1v) is 9.14. The lowest BCUT2D eigenvalue weighted by atomic mass is 9.97. The van der Waals surface area contributed by atoms with E-state index in [0.717, 1.165) is 18.4 Å². The molecule has 1 aromatic rings. The van der Waals surface area contributed by atoms with Crippen LogP contribution in [0.4, 0.5) is 9.59 Å². The van der Waals surface area contributed by atoms with E-state index >= 15 is 0 Å². The Bertz CT molecular complexity index is 590. The summed E-state index contributed by atoms with van der Waals surface area (Å²) in [6.07, 6.45) is 1.14. The van der Waals surface area contributed by atoms with Crippen molar-refractivity contribution in [3.8, 4) is 0 Å². The summed E-state index contributed by atoms with van der Waals surface area (Å²) in [7, 11) is 1.76. The molecule has 0 N–H and O–H groups in total. The van der Waals surface area contributed by atoms with E-state index < -0.39 is 5.60 Å².